The van der Waals surface area contributed by atoms with E-state index in [2.05, 4.69) is 9.97 Å². The molecule has 0 aliphatic heterocycles. The lowest BCUT2D eigenvalue weighted by molar-refractivity contribution is -0.154. The van der Waals surface area contributed by atoms with Crippen LogP contribution >= 0.6 is 0 Å². The maximum absolute atomic E-state index is 12.8. The first kappa shape index (κ1) is 22.7. The van der Waals surface area contributed by atoms with Gasteiger partial charge in [-0.2, -0.15) is 13.2 Å². The van der Waals surface area contributed by atoms with Crippen LogP contribution in [0.15, 0.2) is 22.7 Å². The Hall–Kier alpha value is -2.62. The number of likely N-dealkylation sites (N-methyl/N-ethyl adjacent to an activating group) is 1. The first-order chi connectivity index (χ1) is 13.4. The van der Waals surface area contributed by atoms with Crippen LogP contribution in [0.2, 0.25) is 0 Å². The fourth-order valence-electron chi connectivity index (χ4n) is 2.75. The van der Waals surface area contributed by atoms with Crippen molar-refractivity contribution in [2.24, 2.45) is 0 Å². The van der Waals surface area contributed by atoms with E-state index in [4.69, 9.17) is 9.15 Å². The predicted molar refractivity (Wildman–Crippen MR) is 97.6 cm³/mol. The molecule has 1 amide bonds. The van der Waals surface area contributed by atoms with Crippen LogP contribution in [0.5, 0.6) is 5.88 Å². The van der Waals surface area contributed by atoms with Crippen LogP contribution in [0.3, 0.4) is 0 Å². The van der Waals surface area contributed by atoms with Gasteiger partial charge in [-0.1, -0.05) is 0 Å². The summed E-state index contributed by atoms with van der Waals surface area (Å²) < 4.78 is 47.6. The van der Waals surface area contributed by atoms with Crippen LogP contribution in [0.1, 0.15) is 48.5 Å². The standard InChI is InChI=1S/C19H24F3N3O4/c1-5-25(10-8-14-24-15(12(2)29-14)18(3,4)27)17(26)13-7-6-9-23-16(13)28-11-19(20,21)22/h6-7,9,27H,5,8,10-11H2,1-4H3. The summed E-state index contributed by atoms with van der Waals surface area (Å²) in [6.45, 7) is 5.60. The number of carbonyl (C=O) groups excluding carboxylic acids is 1. The van der Waals surface area contributed by atoms with Gasteiger partial charge in [-0.05, 0) is 39.8 Å². The summed E-state index contributed by atoms with van der Waals surface area (Å²) in [6, 6.07) is 2.82. The molecule has 7 nitrogen and oxygen atoms in total. The molecule has 0 fully saturated rings. The van der Waals surface area contributed by atoms with Gasteiger partial charge in [0.25, 0.3) is 5.91 Å². The molecule has 2 heterocycles. The number of halogens is 3. The Bertz CT molecular complexity index is 844. The Morgan fingerprint density at radius 2 is 2.03 bits per heavy atom. The lowest BCUT2D eigenvalue weighted by Gasteiger charge is -2.21. The number of nitrogens with zero attached hydrogens (tertiary/aromatic N) is 3. The lowest BCUT2D eigenvalue weighted by Crippen LogP contribution is -2.33. The van der Waals surface area contributed by atoms with Gasteiger partial charge in [-0.25, -0.2) is 9.97 Å². The van der Waals surface area contributed by atoms with Crippen molar-refractivity contribution in [1.82, 2.24) is 14.9 Å². The molecule has 160 valence electrons. The van der Waals surface area contributed by atoms with Gasteiger partial charge in [-0.15, -0.1) is 0 Å². The zero-order valence-corrected chi connectivity index (χ0v) is 16.7. The van der Waals surface area contributed by atoms with Crippen LogP contribution in [0.4, 0.5) is 13.2 Å². The molecule has 0 spiro atoms. The van der Waals surface area contributed by atoms with Gasteiger partial charge >= 0.3 is 6.18 Å². The number of rotatable bonds is 8. The van der Waals surface area contributed by atoms with Crippen LogP contribution in [0.25, 0.3) is 0 Å². The van der Waals surface area contributed by atoms with E-state index < -0.39 is 24.3 Å². The molecule has 0 saturated heterocycles. The zero-order chi connectivity index (χ0) is 21.8. The Balaban J connectivity index is 2.12. The molecule has 2 aromatic rings. The average molecular weight is 415 g/mol. The van der Waals surface area contributed by atoms with Gasteiger partial charge in [0, 0.05) is 25.7 Å². The molecule has 10 heteroatoms. The Kier molecular flexibility index (Phi) is 6.89. The van der Waals surface area contributed by atoms with Crippen molar-refractivity contribution in [2.45, 2.75) is 45.9 Å². The highest BCUT2D eigenvalue weighted by Gasteiger charge is 2.30. The van der Waals surface area contributed by atoms with Gasteiger partial charge in [-0.3, -0.25) is 4.79 Å². The van der Waals surface area contributed by atoms with Crippen molar-refractivity contribution in [2.75, 3.05) is 19.7 Å². The summed E-state index contributed by atoms with van der Waals surface area (Å²) in [6.07, 6.45) is -3.01. The minimum absolute atomic E-state index is 0.0561. The topological polar surface area (TPSA) is 88.7 Å². The van der Waals surface area contributed by atoms with E-state index in [1.54, 1.807) is 27.7 Å². The number of alkyl halides is 3. The summed E-state index contributed by atoms with van der Waals surface area (Å²) >= 11 is 0. The maximum atomic E-state index is 12.8. The molecule has 2 aromatic heterocycles. The predicted octanol–water partition coefficient (Wildman–Crippen LogP) is 3.25. The number of amides is 1. The van der Waals surface area contributed by atoms with Crippen molar-refractivity contribution in [3.8, 4) is 5.88 Å². The second-order valence-corrected chi connectivity index (χ2v) is 6.97. The van der Waals surface area contributed by atoms with Crippen LogP contribution in [-0.4, -0.2) is 51.8 Å². The molecule has 1 N–H and O–H groups in total. The van der Waals surface area contributed by atoms with Crippen molar-refractivity contribution in [3.63, 3.8) is 0 Å². The van der Waals surface area contributed by atoms with E-state index in [9.17, 15) is 23.1 Å². The van der Waals surface area contributed by atoms with Crippen molar-refractivity contribution in [1.29, 1.82) is 0 Å². The Morgan fingerprint density at radius 3 is 2.59 bits per heavy atom. The van der Waals surface area contributed by atoms with Gasteiger partial charge < -0.3 is 19.2 Å². The lowest BCUT2D eigenvalue weighted by atomic mass is 10.0. The van der Waals surface area contributed by atoms with Crippen molar-refractivity contribution >= 4 is 5.91 Å². The number of pyridine rings is 1. The fraction of sp³-hybridized carbons (Fsp3) is 0.526. The van der Waals surface area contributed by atoms with Gasteiger partial charge in [0.05, 0.1) is 0 Å². The summed E-state index contributed by atoms with van der Waals surface area (Å²) in [4.78, 5) is 22.3. The summed E-state index contributed by atoms with van der Waals surface area (Å²) in [5, 5.41) is 10.1. The summed E-state index contributed by atoms with van der Waals surface area (Å²) in [5.74, 6) is -0.0455. The highest BCUT2D eigenvalue weighted by molar-refractivity contribution is 5.96. The average Bonchev–Trinajstić information content (AvgIpc) is 3.01. The fourth-order valence-corrected chi connectivity index (χ4v) is 2.75. The third-order valence-corrected chi connectivity index (χ3v) is 4.06. The molecule has 0 atom stereocenters. The number of hydrogen-bond donors (Lipinski definition) is 1. The minimum atomic E-state index is -4.54. The largest absolute Gasteiger partial charge is 0.467 e. The van der Waals surface area contributed by atoms with E-state index >= 15 is 0 Å². The highest BCUT2D eigenvalue weighted by atomic mass is 19.4. The second-order valence-electron chi connectivity index (χ2n) is 6.97. The number of carbonyl (C=O) groups is 1. The van der Waals surface area contributed by atoms with E-state index in [1.807, 2.05) is 0 Å². The molecule has 0 aliphatic carbocycles. The van der Waals surface area contributed by atoms with Gasteiger partial charge in [0.1, 0.15) is 22.6 Å². The number of aliphatic hydroxyl groups is 1. The Labute approximate surface area is 166 Å². The normalized spacial score (nSPS) is 12.1. The number of aryl methyl sites for hydroxylation is 1. The maximum Gasteiger partial charge on any atom is 0.422 e. The molecule has 0 aliphatic rings. The molecular formula is C19H24F3N3O4. The van der Waals surface area contributed by atoms with E-state index in [-0.39, 0.29) is 24.4 Å². The second kappa shape index (κ2) is 8.81. The highest BCUT2D eigenvalue weighted by Crippen LogP contribution is 2.24. The van der Waals surface area contributed by atoms with E-state index in [1.165, 1.54) is 23.2 Å². The van der Waals surface area contributed by atoms with Gasteiger partial charge in [0.2, 0.25) is 5.88 Å². The van der Waals surface area contributed by atoms with Crippen LogP contribution in [0, 0.1) is 6.92 Å². The molecule has 0 bridgehead atoms. The Morgan fingerprint density at radius 1 is 1.34 bits per heavy atom. The number of hydrogen-bond acceptors (Lipinski definition) is 6. The van der Waals surface area contributed by atoms with Crippen LogP contribution < -0.4 is 4.74 Å². The SMILES string of the molecule is CCN(CCc1nc(C(C)(C)O)c(C)o1)C(=O)c1cccnc1OCC(F)(F)F. The van der Waals surface area contributed by atoms with E-state index in [0.717, 1.165) is 0 Å². The minimum Gasteiger partial charge on any atom is -0.467 e. The van der Waals surface area contributed by atoms with Crippen LogP contribution in [-0.2, 0) is 12.0 Å². The molecule has 2 rings (SSSR count). The third kappa shape index (κ3) is 6.18. The quantitative estimate of drug-likeness (QED) is 0.712. The third-order valence-electron chi connectivity index (χ3n) is 4.06. The monoisotopic (exact) mass is 415 g/mol. The molecule has 0 radical (unpaired) electrons. The summed E-state index contributed by atoms with van der Waals surface area (Å²) in [7, 11) is 0. The van der Waals surface area contributed by atoms with Gasteiger partial charge in [0.15, 0.2) is 12.5 Å². The van der Waals surface area contributed by atoms with Crippen molar-refractivity contribution < 1.29 is 32.2 Å². The van der Waals surface area contributed by atoms with Crippen molar-refractivity contribution in [3.05, 3.63) is 41.2 Å². The first-order valence-electron chi connectivity index (χ1n) is 9.05. The molecular weight excluding hydrogens is 391 g/mol. The number of aromatic nitrogens is 2. The molecule has 0 saturated carbocycles. The molecule has 0 aromatic carbocycles. The number of oxazole rings is 1. The zero-order valence-electron chi connectivity index (χ0n) is 16.7. The first-order valence-corrected chi connectivity index (χ1v) is 9.05. The summed E-state index contributed by atoms with van der Waals surface area (Å²) in [5.41, 5.74) is -0.802. The van der Waals surface area contributed by atoms with E-state index in [0.29, 0.717) is 23.9 Å². The molecule has 0 unspecified atom stereocenters. The smallest absolute Gasteiger partial charge is 0.422 e. The number of ether oxygens (including phenoxy) is 1. The molecule has 29 heavy (non-hydrogen) atoms.